The van der Waals surface area contributed by atoms with Gasteiger partial charge in [-0.05, 0) is 83.7 Å². The van der Waals surface area contributed by atoms with Crippen molar-refractivity contribution >= 4 is 0 Å². The fourth-order valence-corrected chi connectivity index (χ4v) is 6.76. The van der Waals surface area contributed by atoms with Gasteiger partial charge < -0.3 is 4.98 Å². The molecule has 0 aliphatic heterocycles. The van der Waals surface area contributed by atoms with E-state index in [0.717, 1.165) is 11.6 Å². The van der Waals surface area contributed by atoms with Gasteiger partial charge in [0.25, 0.3) is 0 Å². The van der Waals surface area contributed by atoms with Gasteiger partial charge in [0, 0.05) is 26.3 Å². The molecular formula is C28H28IrN-. The molecule has 1 aromatic heterocycles. The average Bonchev–Trinajstić information content (AvgIpc) is 3.03. The summed E-state index contributed by atoms with van der Waals surface area (Å²) in [5.41, 5.74) is 10.0. The van der Waals surface area contributed by atoms with Gasteiger partial charge in [-0.3, -0.25) is 0 Å². The van der Waals surface area contributed by atoms with Crippen LogP contribution < -0.4 is 0 Å². The van der Waals surface area contributed by atoms with Crippen LogP contribution in [0.25, 0.3) is 22.4 Å². The van der Waals surface area contributed by atoms with Crippen LogP contribution in [0.3, 0.4) is 0 Å². The Hall–Kier alpha value is -1.76. The predicted octanol–water partition coefficient (Wildman–Crippen LogP) is 7.07. The molecule has 0 N–H and O–H groups in total. The maximum Gasteiger partial charge on any atom is 0.0160 e. The first kappa shape index (κ1) is 20.2. The summed E-state index contributed by atoms with van der Waals surface area (Å²) < 4.78 is 0. The standard InChI is InChI=1S/C28H28N.Ir/c1-27(2)25-20(7-5-9-22(25)24-11-3-4-18-29-24)21-8-6-10-23(26(21)27)28-15-12-19(13-16-28)14-17-28;/h3-8,10-11,18-19H,12-17H2,1-2H3;/q-1;. The number of benzene rings is 2. The first-order chi connectivity index (χ1) is 14.1. The van der Waals surface area contributed by atoms with E-state index >= 15 is 0 Å². The number of hydrogen-bond donors (Lipinski definition) is 0. The van der Waals surface area contributed by atoms with Crippen molar-refractivity contribution in [1.82, 2.24) is 4.98 Å². The largest absolute Gasteiger partial charge is 0.305 e. The second-order valence-electron chi connectivity index (χ2n) is 9.97. The molecule has 30 heavy (non-hydrogen) atoms. The number of rotatable bonds is 2. The van der Waals surface area contributed by atoms with Gasteiger partial charge in [-0.2, -0.15) is 0 Å². The molecule has 0 saturated heterocycles. The van der Waals surface area contributed by atoms with E-state index in [4.69, 9.17) is 0 Å². The first-order valence-corrected chi connectivity index (χ1v) is 11.2. The van der Waals surface area contributed by atoms with Crippen molar-refractivity contribution in [1.29, 1.82) is 0 Å². The second-order valence-corrected chi connectivity index (χ2v) is 9.97. The van der Waals surface area contributed by atoms with Crippen LogP contribution in [0.4, 0.5) is 0 Å². The van der Waals surface area contributed by atoms with Crippen molar-refractivity contribution in [3.05, 3.63) is 77.5 Å². The molecule has 155 valence electrons. The Kier molecular flexibility index (Phi) is 4.80. The van der Waals surface area contributed by atoms with Crippen molar-refractivity contribution < 1.29 is 20.1 Å². The van der Waals surface area contributed by atoms with E-state index in [1.54, 1.807) is 11.1 Å². The van der Waals surface area contributed by atoms with Gasteiger partial charge in [0.15, 0.2) is 0 Å². The van der Waals surface area contributed by atoms with Gasteiger partial charge in [-0.1, -0.05) is 49.7 Å². The third-order valence-electron chi connectivity index (χ3n) is 8.19. The van der Waals surface area contributed by atoms with E-state index in [-0.39, 0.29) is 25.5 Å². The molecule has 0 atom stereocenters. The normalized spacial score (nSPS) is 25.3. The summed E-state index contributed by atoms with van der Waals surface area (Å²) in [4.78, 5) is 4.67. The summed E-state index contributed by atoms with van der Waals surface area (Å²) in [5, 5.41) is 0. The van der Waals surface area contributed by atoms with Gasteiger partial charge in [0.05, 0.1) is 0 Å². The molecule has 0 amide bonds. The number of pyridine rings is 1. The summed E-state index contributed by atoms with van der Waals surface area (Å²) >= 11 is 0. The van der Waals surface area contributed by atoms with E-state index < -0.39 is 0 Å². The molecule has 1 heterocycles. The number of nitrogens with zero attached hydrogens (tertiary/aromatic N) is 1. The Morgan fingerprint density at radius 1 is 0.867 bits per heavy atom. The van der Waals surface area contributed by atoms with Crippen LogP contribution in [0.15, 0.2) is 54.7 Å². The van der Waals surface area contributed by atoms with Gasteiger partial charge in [0.2, 0.25) is 0 Å². The van der Waals surface area contributed by atoms with Gasteiger partial charge in [0.1, 0.15) is 0 Å². The van der Waals surface area contributed by atoms with Crippen molar-refractivity contribution in [2.24, 2.45) is 5.92 Å². The van der Waals surface area contributed by atoms with Crippen LogP contribution in [0, 0.1) is 12.0 Å². The Morgan fingerprint density at radius 3 is 2.30 bits per heavy atom. The van der Waals surface area contributed by atoms with Crippen LogP contribution in [0.1, 0.15) is 69.1 Å². The Morgan fingerprint density at radius 2 is 1.60 bits per heavy atom. The van der Waals surface area contributed by atoms with E-state index in [2.05, 4.69) is 67.4 Å². The monoisotopic (exact) mass is 571 g/mol. The van der Waals surface area contributed by atoms with Crippen LogP contribution >= 0.6 is 0 Å². The topological polar surface area (TPSA) is 12.9 Å². The van der Waals surface area contributed by atoms with E-state index in [1.165, 1.54) is 60.8 Å². The molecule has 4 aliphatic rings. The summed E-state index contributed by atoms with van der Waals surface area (Å²) in [6, 6.07) is 21.2. The molecule has 2 aromatic carbocycles. The zero-order valence-corrected chi connectivity index (χ0v) is 20.2. The molecule has 1 radical (unpaired) electrons. The van der Waals surface area contributed by atoms with Crippen LogP contribution in [-0.2, 0) is 30.9 Å². The molecule has 3 saturated carbocycles. The second kappa shape index (κ2) is 7.14. The van der Waals surface area contributed by atoms with Gasteiger partial charge in [-0.15, -0.1) is 29.3 Å². The quantitative estimate of drug-likeness (QED) is 0.300. The van der Waals surface area contributed by atoms with E-state index in [1.807, 2.05) is 12.3 Å². The third kappa shape index (κ3) is 2.73. The zero-order valence-electron chi connectivity index (χ0n) is 17.8. The van der Waals surface area contributed by atoms with Crippen molar-refractivity contribution in [2.45, 2.75) is 63.2 Å². The van der Waals surface area contributed by atoms with Crippen LogP contribution in [0.2, 0.25) is 0 Å². The van der Waals surface area contributed by atoms with Crippen molar-refractivity contribution in [3.63, 3.8) is 0 Å². The average molecular weight is 571 g/mol. The first-order valence-electron chi connectivity index (χ1n) is 11.2. The van der Waals surface area contributed by atoms with Gasteiger partial charge >= 0.3 is 0 Å². The molecule has 4 aliphatic carbocycles. The van der Waals surface area contributed by atoms with Crippen LogP contribution in [-0.4, -0.2) is 4.98 Å². The fourth-order valence-electron chi connectivity index (χ4n) is 6.76. The van der Waals surface area contributed by atoms with E-state index in [0.29, 0.717) is 5.41 Å². The minimum atomic E-state index is -0.0328. The number of hydrogen-bond acceptors (Lipinski definition) is 1. The van der Waals surface area contributed by atoms with E-state index in [9.17, 15) is 0 Å². The summed E-state index contributed by atoms with van der Waals surface area (Å²) in [5.74, 6) is 0.990. The number of aromatic nitrogens is 1. The Labute approximate surface area is 193 Å². The summed E-state index contributed by atoms with van der Waals surface area (Å²) in [7, 11) is 0. The molecular weight excluding hydrogens is 543 g/mol. The molecule has 0 unspecified atom stereocenters. The molecule has 7 rings (SSSR count). The SMILES string of the molecule is CC1(C)c2c(-c3ccccn3)[c-]ccc2-c2cccc(C34CCC(CC3)CC4)c21.[Ir]. The summed E-state index contributed by atoms with van der Waals surface area (Å²) in [6.45, 7) is 4.85. The maximum atomic E-state index is 4.67. The van der Waals surface area contributed by atoms with Crippen molar-refractivity contribution in [3.8, 4) is 22.4 Å². The molecule has 2 bridgehead atoms. The van der Waals surface area contributed by atoms with Crippen molar-refractivity contribution in [2.75, 3.05) is 0 Å². The molecule has 3 aromatic rings. The Bertz CT molecular complexity index is 1080. The third-order valence-corrected chi connectivity index (χ3v) is 8.19. The molecule has 3 fully saturated rings. The fraction of sp³-hybridized carbons (Fsp3) is 0.393. The Balaban J connectivity index is 0.00000193. The number of fused-ring (bicyclic) bond motifs is 6. The smallest absolute Gasteiger partial charge is 0.0160 e. The molecule has 2 heteroatoms. The minimum Gasteiger partial charge on any atom is -0.305 e. The van der Waals surface area contributed by atoms with Crippen LogP contribution in [0.5, 0.6) is 0 Å². The summed E-state index contributed by atoms with van der Waals surface area (Å²) in [6.07, 6.45) is 10.3. The molecule has 0 spiro atoms. The van der Waals surface area contributed by atoms with Gasteiger partial charge in [-0.25, -0.2) is 0 Å². The minimum absolute atomic E-state index is 0. The molecule has 1 nitrogen and oxygen atoms in total. The maximum absolute atomic E-state index is 4.67. The zero-order chi connectivity index (χ0) is 19.6. The predicted molar refractivity (Wildman–Crippen MR) is 119 cm³/mol.